The summed E-state index contributed by atoms with van der Waals surface area (Å²) >= 11 is 0. The number of nitroso groups, excluding NO2 is 1. The van der Waals surface area contributed by atoms with E-state index in [0.29, 0.717) is 6.42 Å². The van der Waals surface area contributed by atoms with E-state index in [1.165, 1.54) is 0 Å². The molecule has 0 fully saturated rings. The molecule has 0 saturated heterocycles. The van der Waals surface area contributed by atoms with Crippen molar-refractivity contribution in [2.75, 3.05) is 7.11 Å². The molecule has 1 unspecified atom stereocenters. The number of rotatable bonds is 3. The van der Waals surface area contributed by atoms with E-state index in [2.05, 4.69) is 5.18 Å². The van der Waals surface area contributed by atoms with Crippen molar-refractivity contribution < 1.29 is 21.7 Å². The lowest BCUT2D eigenvalue weighted by Gasteiger charge is -1.99. The van der Waals surface area contributed by atoms with E-state index in [0.717, 1.165) is 11.4 Å². The second-order valence-electron chi connectivity index (χ2n) is 3.66. The molecule has 0 radical (unpaired) electrons. The first-order valence-corrected chi connectivity index (χ1v) is 5.43. The quantitative estimate of drug-likeness (QED) is 0.336. The normalized spacial score (nSPS) is 15.5. The number of carbonyl (C=O) groups excluding carboxylic acids is 1. The van der Waals surface area contributed by atoms with Gasteiger partial charge in [-0.05, 0) is 31.1 Å². The molecule has 0 amide bonds. The van der Waals surface area contributed by atoms with Crippen molar-refractivity contribution in [1.29, 1.82) is 0 Å². The average Bonchev–Trinajstić information content (AvgIpc) is 2.34. The molecule has 0 N–H and O–H groups in total. The van der Waals surface area contributed by atoms with Gasteiger partial charge in [-0.2, -0.15) is 4.91 Å². The Hall–Kier alpha value is -1.73. The van der Waals surface area contributed by atoms with Crippen molar-refractivity contribution in [3.8, 4) is 0 Å². The SMILES string of the molecule is C[O+]=C1C=CC(=CCC(C)N=O)C=C1.F[B-](F)(F)F. The standard InChI is InChI=1S/C11H14NO2.BF4/c1-9(12-13)3-4-10-5-7-11(14-2)8-6-10;2-1(3,4)5/h4-9H,3H2,1-2H3;/q+1;-1. The Morgan fingerprint density at radius 1 is 1.26 bits per heavy atom. The van der Waals surface area contributed by atoms with E-state index in [1.807, 2.05) is 30.4 Å². The zero-order chi connectivity index (χ0) is 14.9. The third-order valence-corrected chi connectivity index (χ3v) is 1.99. The molecule has 0 saturated carbocycles. The second kappa shape index (κ2) is 8.39. The van der Waals surface area contributed by atoms with Crippen LogP contribution in [0.2, 0.25) is 0 Å². The van der Waals surface area contributed by atoms with Crippen molar-refractivity contribution in [3.63, 3.8) is 0 Å². The van der Waals surface area contributed by atoms with Crippen molar-refractivity contribution >= 4 is 13.0 Å². The monoisotopic (exact) mass is 279 g/mol. The molecule has 0 aromatic heterocycles. The van der Waals surface area contributed by atoms with Crippen LogP contribution in [0.5, 0.6) is 0 Å². The predicted octanol–water partition coefficient (Wildman–Crippen LogP) is 3.62. The molecule has 0 heterocycles. The van der Waals surface area contributed by atoms with Gasteiger partial charge in [-0.25, -0.2) is 0 Å². The summed E-state index contributed by atoms with van der Waals surface area (Å²) in [6, 6.07) is -0.155. The van der Waals surface area contributed by atoms with Gasteiger partial charge in [0.25, 0.3) is 7.11 Å². The van der Waals surface area contributed by atoms with Crippen LogP contribution in [0.4, 0.5) is 17.3 Å². The Morgan fingerprint density at radius 3 is 2.11 bits per heavy atom. The van der Waals surface area contributed by atoms with Gasteiger partial charge in [0.1, 0.15) is 0 Å². The molecule has 0 spiro atoms. The predicted molar refractivity (Wildman–Crippen MR) is 67.4 cm³/mol. The van der Waals surface area contributed by atoms with E-state index in [1.54, 1.807) is 14.0 Å². The van der Waals surface area contributed by atoms with Crippen LogP contribution in [0.25, 0.3) is 0 Å². The highest BCUT2D eigenvalue weighted by Gasteiger charge is 2.20. The molecule has 0 aromatic rings. The third kappa shape index (κ3) is 11.1. The van der Waals surface area contributed by atoms with E-state index < -0.39 is 7.25 Å². The number of allylic oxidation sites excluding steroid dienone is 5. The molecule has 0 aliphatic heterocycles. The summed E-state index contributed by atoms with van der Waals surface area (Å²) in [5.41, 5.74) is 1.08. The molecule has 1 aliphatic carbocycles. The van der Waals surface area contributed by atoms with Gasteiger partial charge in [-0.3, -0.25) is 4.42 Å². The van der Waals surface area contributed by atoms with E-state index in [9.17, 15) is 22.2 Å². The average molecular weight is 279 g/mol. The summed E-state index contributed by atoms with van der Waals surface area (Å²) in [6.45, 7) is 1.80. The van der Waals surface area contributed by atoms with Crippen LogP contribution in [0, 0.1) is 4.91 Å². The molecule has 1 aliphatic rings. The van der Waals surface area contributed by atoms with Crippen LogP contribution in [0.1, 0.15) is 13.3 Å². The molecule has 3 nitrogen and oxygen atoms in total. The van der Waals surface area contributed by atoms with Crippen LogP contribution < -0.4 is 0 Å². The minimum absolute atomic E-state index is 0.155. The first-order chi connectivity index (χ1) is 8.76. The van der Waals surface area contributed by atoms with Gasteiger partial charge in [-0.1, -0.05) is 11.3 Å². The maximum Gasteiger partial charge on any atom is 0.673 e. The van der Waals surface area contributed by atoms with Crippen LogP contribution in [-0.4, -0.2) is 26.2 Å². The summed E-state index contributed by atoms with van der Waals surface area (Å²) in [7, 11) is -4.36. The summed E-state index contributed by atoms with van der Waals surface area (Å²) in [6.07, 6.45) is 10.4. The molecule has 0 aromatic carbocycles. The molecule has 8 heteroatoms. The highest BCUT2D eigenvalue weighted by atomic mass is 19.5. The third-order valence-electron chi connectivity index (χ3n) is 1.99. The zero-order valence-electron chi connectivity index (χ0n) is 10.5. The maximum atomic E-state index is 10.1. The van der Waals surface area contributed by atoms with E-state index >= 15 is 0 Å². The molecule has 19 heavy (non-hydrogen) atoms. The van der Waals surface area contributed by atoms with Crippen LogP contribution in [0.15, 0.2) is 41.1 Å². The van der Waals surface area contributed by atoms with Crippen molar-refractivity contribution in [1.82, 2.24) is 0 Å². The van der Waals surface area contributed by atoms with Crippen molar-refractivity contribution in [2.45, 2.75) is 19.4 Å². The number of halogens is 4. The number of nitrogens with zero attached hydrogens (tertiary/aromatic N) is 1. The Kier molecular flexibility index (Phi) is 7.63. The highest BCUT2D eigenvalue weighted by molar-refractivity contribution is 6.50. The fraction of sp³-hybridized carbons (Fsp3) is 0.364. The summed E-state index contributed by atoms with van der Waals surface area (Å²) in [5.74, 6) is 0.837. The smallest absolute Gasteiger partial charge is 0.418 e. The molecule has 1 atom stereocenters. The minimum atomic E-state index is -6.00. The lowest BCUT2D eigenvalue weighted by Crippen LogP contribution is -2.02. The summed E-state index contributed by atoms with van der Waals surface area (Å²) in [4.78, 5) is 10.1. The van der Waals surface area contributed by atoms with Crippen molar-refractivity contribution in [2.24, 2.45) is 5.18 Å². The largest absolute Gasteiger partial charge is 0.673 e. The Labute approximate surface area is 108 Å². The molecule has 0 bridgehead atoms. The number of hydrogen-bond donors (Lipinski definition) is 0. The number of hydrogen-bond acceptors (Lipinski definition) is 2. The molecular formula is C11H14BF4NO2. The van der Waals surface area contributed by atoms with Crippen LogP contribution in [-0.2, 0) is 4.42 Å². The number of ketones is 1. The fourth-order valence-corrected chi connectivity index (χ4v) is 1.09. The van der Waals surface area contributed by atoms with Gasteiger partial charge in [0, 0.05) is 12.2 Å². The molecule has 1 rings (SSSR count). The van der Waals surface area contributed by atoms with Gasteiger partial charge in [0.05, 0.1) is 6.04 Å². The summed E-state index contributed by atoms with van der Waals surface area (Å²) < 4.78 is 44.0. The Bertz CT molecular complexity index is 389. The first-order valence-electron chi connectivity index (χ1n) is 5.43. The Balaban J connectivity index is 0.000000555. The lowest BCUT2D eigenvalue weighted by atomic mass is 10.1. The van der Waals surface area contributed by atoms with Crippen molar-refractivity contribution in [3.05, 3.63) is 40.9 Å². The Morgan fingerprint density at radius 2 is 1.74 bits per heavy atom. The fourth-order valence-electron chi connectivity index (χ4n) is 1.09. The lowest BCUT2D eigenvalue weighted by molar-refractivity contribution is -0.417. The zero-order valence-corrected chi connectivity index (χ0v) is 10.5. The van der Waals surface area contributed by atoms with Gasteiger partial charge >= 0.3 is 13.0 Å². The minimum Gasteiger partial charge on any atom is -0.418 e. The van der Waals surface area contributed by atoms with Gasteiger partial charge in [-0.15, -0.1) is 0 Å². The second-order valence-corrected chi connectivity index (χ2v) is 3.66. The van der Waals surface area contributed by atoms with Crippen LogP contribution in [0.3, 0.4) is 0 Å². The maximum absolute atomic E-state index is 10.1. The van der Waals surface area contributed by atoms with E-state index in [-0.39, 0.29) is 6.04 Å². The van der Waals surface area contributed by atoms with E-state index in [4.69, 9.17) is 4.42 Å². The molecular weight excluding hydrogens is 265 g/mol. The summed E-state index contributed by atoms with van der Waals surface area (Å²) in [5, 5.41) is 2.93. The van der Waals surface area contributed by atoms with Gasteiger partial charge in [0.2, 0.25) is 0 Å². The molecule has 106 valence electrons. The topological polar surface area (TPSA) is 40.7 Å². The first kappa shape index (κ1) is 17.3. The van der Waals surface area contributed by atoms with Gasteiger partial charge in [0.15, 0.2) is 0 Å². The van der Waals surface area contributed by atoms with Crippen LogP contribution >= 0.6 is 0 Å². The highest BCUT2D eigenvalue weighted by Crippen LogP contribution is 2.09. The van der Waals surface area contributed by atoms with Gasteiger partial charge < -0.3 is 17.3 Å².